The maximum absolute atomic E-state index is 13.0. The molecule has 1 aliphatic heterocycles. The van der Waals surface area contributed by atoms with E-state index < -0.39 is 17.2 Å². The maximum atomic E-state index is 13.0. The lowest BCUT2D eigenvalue weighted by Crippen LogP contribution is -2.49. The molecule has 154 valence electrons. The van der Waals surface area contributed by atoms with Gasteiger partial charge in [-0.1, -0.05) is 36.8 Å². The average molecular weight is 389 g/mol. The standard InChI is InChI=1S/C22H31NO5/c1-21(2,3)28-20(25)23-14-12-18(13-15-23)27-19(24)22(26,17-10-7-11-17)16-8-5-4-6-9-16/h4-6,8-9,17-18,26H,7,10-15H2,1-3H3. The van der Waals surface area contributed by atoms with Crippen molar-refractivity contribution in [2.24, 2.45) is 5.92 Å². The van der Waals surface area contributed by atoms with E-state index in [1.54, 1.807) is 17.0 Å². The monoisotopic (exact) mass is 389 g/mol. The minimum Gasteiger partial charge on any atom is -0.460 e. The van der Waals surface area contributed by atoms with Gasteiger partial charge in [0.1, 0.15) is 11.7 Å². The van der Waals surface area contributed by atoms with Gasteiger partial charge in [0.15, 0.2) is 5.60 Å². The third-order valence-electron chi connectivity index (χ3n) is 5.59. The zero-order valence-electron chi connectivity index (χ0n) is 17.0. The molecule has 1 unspecified atom stereocenters. The van der Waals surface area contributed by atoms with Gasteiger partial charge in [0, 0.05) is 31.8 Å². The minimum absolute atomic E-state index is 0.107. The molecule has 2 aliphatic rings. The topological polar surface area (TPSA) is 76.1 Å². The molecule has 1 aliphatic carbocycles. The fourth-order valence-corrected chi connectivity index (χ4v) is 3.76. The van der Waals surface area contributed by atoms with E-state index in [1.165, 1.54) is 0 Å². The summed E-state index contributed by atoms with van der Waals surface area (Å²) in [5.74, 6) is -0.677. The van der Waals surface area contributed by atoms with Crippen molar-refractivity contribution in [3.63, 3.8) is 0 Å². The first-order valence-corrected chi connectivity index (χ1v) is 10.2. The van der Waals surface area contributed by atoms with Gasteiger partial charge in [0.25, 0.3) is 0 Å². The van der Waals surface area contributed by atoms with Crippen LogP contribution in [0.2, 0.25) is 0 Å². The molecule has 1 saturated carbocycles. The van der Waals surface area contributed by atoms with Crippen molar-refractivity contribution < 1.29 is 24.2 Å². The van der Waals surface area contributed by atoms with Gasteiger partial charge in [-0.15, -0.1) is 0 Å². The lowest BCUT2D eigenvalue weighted by molar-refractivity contribution is -0.185. The van der Waals surface area contributed by atoms with Gasteiger partial charge in [-0.25, -0.2) is 9.59 Å². The van der Waals surface area contributed by atoms with Crippen molar-refractivity contribution >= 4 is 12.1 Å². The van der Waals surface area contributed by atoms with Gasteiger partial charge in [-0.2, -0.15) is 0 Å². The van der Waals surface area contributed by atoms with Gasteiger partial charge >= 0.3 is 12.1 Å². The predicted octanol–water partition coefficient (Wildman–Crippen LogP) is 3.62. The molecule has 1 aromatic carbocycles. The molecule has 1 heterocycles. The Kier molecular flexibility index (Phi) is 5.98. The van der Waals surface area contributed by atoms with Crippen LogP contribution in [0.1, 0.15) is 58.4 Å². The highest BCUT2D eigenvalue weighted by Gasteiger charge is 2.50. The molecular formula is C22H31NO5. The Hall–Kier alpha value is -2.08. The number of amides is 1. The normalized spacial score (nSPS) is 20.8. The zero-order chi connectivity index (χ0) is 20.4. The van der Waals surface area contributed by atoms with Crippen LogP contribution in [-0.2, 0) is 19.9 Å². The van der Waals surface area contributed by atoms with E-state index in [0.29, 0.717) is 31.5 Å². The number of hydrogen-bond donors (Lipinski definition) is 1. The van der Waals surface area contributed by atoms with E-state index in [-0.39, 0.29) is 18.1 Å². The van der Waals surface area contributed by atoms with Crippen LogP contribution >= 0.6 is 0 Å². The van der Waals surface area contributed by atoms with Crippen molar-refractivity contribution in [2.75, 3.05) is 13.1 Å². The van der Waals surface area contributed by atoms with E-state index in [0.717, 1.165) is 19.3 Å². The summed E-state index contributed by atoms with van der Waals surface area (Å²) in [6.45, 7) is 6.46. The van der Waals surface area contributed by atoms with Crippen LogP contribution in [0.4, 0.5) is 4.79 Å². The largest absolute Gasteiger partial charge is 0.460 e. The Morgan fingerprint density at radius 2 is 1.64 bits per heavy atom. The van der Waals surface area contributed by atoms with Crippen molar-refractivity contribution in [3.05, 3.63) is 35.9 Å². The van der Waals surface area contributed by atoms with Gasteiger partial charge in [-0.3, -0.25) is 0 Å². The highest BCUT2D eigenvalue weighted by molar-refractivity contribution is 5.82. The third-order valence-corrected chi connectivity index (χ3v) is 5.59. The molecule has 28 heavy (non-hydrogen) atoms. The molecule has 3 rings (SSSR count). The number of aliphatic hydroxyl groups is 1. The Bertz CT molecular complexity index is 687. The first-order chi connectivity index (χ1) is 13.2. The molecule has 1 N–H and O–H groups in total. The number of rotatable bonds is 4. The Morgan fingerprint density at radius 3 is 2.14 bits per heavy atom. The predicted molar refractivity (Wildman–Crippen MR) is 105 cm³/mol. The zero-order valence-corrected chi connectivity index (χ0v) is 17.0. The number of carbonyl (C=O) groups is 2. The molecule has 1 atom stereocenters. The summed E-state index contributed by atoms with van der Waals surface area (Å²) in [6, 6.07) is 9.08. The smallest absolute Gasteiger partial charge is 0.410 e. The van der Waals surface area contributed by atoms with Crippen LogP contribution < -0.4 is 0 Å². The lowest BCUT2D eigenvalue weighted by atomic mass is 9.69. The van der Waals surface area contributed by atoms with Crippen molar-refractivity contribution in [3.8, 4) is 0 Å². The summed E-state index contributed by atoms with van der Waals surface area (Å²) in [5.41, 5.74) is -1.53. The van der Waals surface area contributed by atoms with Gasteiger partial charge in [-0.05, 0) is 39.2 Å². The molecule has 6 nitrogen and oxygen atoms in total. The second kappa shape index (κ2) is 8.11. The molecular weight excluding hydrogens is 358 g/mol. The van der Waals surface area contributed by atoms with Crippen molar-refractivity contribution in [2.45, 2.75) is 70.2 Å². The molecule has 0 bridgehead atoms. The minimum atomic E-state index is -1.60. The molecule has 6 heteroatoms. The molecule has 0 aromatic heterocycles. The van der Waals surface area contributed by atoms with Gasteiger partial charge in [0.05, 0.1) is 0 Å². The SMILES string of the molecule is CC(C)(C)OC(=O)N1CCC(OC(=O)C(O)(c2ccccc2)C2CCC2)CC1. The summed E-state index contributed by atoms with van der Waals surface area (Å²) in [5, 5.41) is 11.3. The molecule has 2 fully saturated rings. The number of carbonyl (C=O) groups excluding carboxylic acids is 2. The highest BCUT2D eigenvalue weighted by Crippen LogP contribution is 2.43. The number of esters is 1. The fourth-order valence-electron chi connectivity index (χ4n) is 3.76. The summed E-state index contributed by atoms with van der Waals surface area (Å²) in [7, 11) is 0. The summed E-state index contributed by atoms with van der Waals surface area (Å²) in [4.78, 5) is 26.8. The maximum Gasteiger partial charge on any atom is 0.410 e. The summed E-state index contributed by atoms with van der Waals surface area (Å²) < 4.78 is 11.1. The first-order valence-electron chi connectivity index (χ1n) is 10.2. The quantitative estimate of drug-likeness (QED) is 0.796. The number of ether oxygens (including phenoxy) is 2. The Labute approximate surface area is 166 Å². The number of hydrogen-bond acceptors (Lipinski definition) is 5. The molecule has 1 amide bonds. The van der Waals surface area contributed by atoms with E-state index in [9.17, 15) is 14.7 Å². The Balaban J connectivity index is 1.60. The second-order valence-corrected chi connectivity index (χ2v) is 8.83. The van der Waals surface area contributed by atoms with Crippen LogP contribution in [0, 0.1) is 5.92 Å². The van der Waals surface area contributed by atoms with Crippen LogP contribution in [0.15, 0.2) is 30.3 Å². The van der Waals surface area contributed by atoms with E-state index >= 15 is 0 Å². The van der Waals surface area contributed by atoms with Crippen molar-refractivity contribution in [1.82, 2.24) is 4.90 Å². The molecule has 1 saturated heterocycles. The van der Waals surface area contributed by atoms with Gasteiger partial charge in [0.2, 0.25) is 0 Å². The van der Waals surface area contributed by atoms with E-state index in [1.807, 2.05) is 39.0 Å². The summed E-state index contributed by atoms with van der Waals surface area (Å²) in [6.07, 6.45) is 3.09. The molecule has 1 aromatic rings. The average Bonchev–Trinajstić information content (AvgIpc) is 2.60. The van der Waals surface area contributed by atoms with Crippen molar-refractivity contribution in [1.29, 1.82) is 0 Å². The van der Waals surface area contributed by atoms with Crippen LogP contribution in [0.5, 0.6) is 0 Å². The highest BCUT2D eigenvalue weighted by atomic mass is 16.6. The first kappa shape index (κ1) is 20.6. The molecule has 0 spiro atoms. The van der Waals surface area contributed by atoms with Crippen LogP contribution in [0.25, 0.3) is 0 Å². The van der Waals surface area contributed by atoms with E-state index in [4.69, 9.17) is 9.47 Å². The number of benzene rings is 1. The van der Waals surface area contributed by atoms with Crippen LogP contribution in [-0.4, -0.2) is 46.9 Å². The number of nitrogens with zero attached hydrogens (tertiary/aromatic N) is 1. The Morgan fingerprint density at radius 1 is 1.04 bits per heavy atom. The second-order valence-electron chi connectivity index (χ2n) is 8.83. The van der Waals surface area contributed by atoms with E-state index in [2.05, 4.69) is 0 Å². The summed E-state index contributed by atoms with van der Waals surface area (Å²) >= 11 is 0. The third kappa shape index (κ3) is 4.49. The lowest BCUT2D eigenvalue weighted by Gasteiger charge is -2.41. The molecule has 0 radical (unpaired) electrons. The van der Waals surface area contributed by atoms with Crippen LogP contribution in [0.3, 0.4) is 0 Å². The number of piperidine rings is 1. The van der Waals surface area contributed by atoms with Gasteiger partial charge < -0.3 is 19.5 Å². The fraction of sp³-hybridized carbons (Fsp3) is 0.636. The number of likely N-dealkylation sites (tertiary alicyclic amines) is 1.